The summed E-state index contributed by atoms with van der Waals surface area (Å²) in [5, 5.41) is 0.749. The van der Waals surface area contributed by atoms with Gasteiger partial charge >= 0.3 is 0 Å². The Bertz CT molecular complexity index is 657. The Kier molecular flexibility index (Phi) is 3.40. The molecule has 2 aromatic rings. The molecule has 0 aliphatic rings. The molecule has 0 bridgehead atoms. The van der Waals surface area contributed by atoms with Crippen molar-refractivity contribution in [2.24, 2.45) is 0 Å². The molecule has 20 heavy (non-hydrogen) atoms. The molecule has 0 saturated heterocycles. The third-order valence-corrected chi connectivity index (χ3v) is 3.97. The highest BCUT2D eigenvalue weighted by Crippen LogP contribution is 2.30. The number of fused-ring (bicyclic) bond motifs is 1. The Morgan fingerprint density at radius 2 is 1.95 bits per heavy atom. The molecule has 0 aliphatic carbocycles. The van der Waals surface area contributed by atoms with Gasteiger partial charge in [0.25, 0.3) is 5.92 Å². The Morgan fingerprint density at radius 3 is 2.45 bits per heavy atom. The second-order valence-electron chi connectivity index (χ2n) is 5.37. The standard InChI is InChI=1S/C15H18F2N2O/c1-5-14(3,10(2)20)19-9-8-11-6-7-12(15(4,16)17)18-13(11)19/h6-9H,5H2,1-4H3. The maximum Gasteiger partial charge on any atom is 0.287 e. The van der Waals surface area contributed by atoms with Gasteiger partial charge in [-0.2, -0.15) is 8.78 Å². The van der Waals surface area contributed by atoms with Crippen molar-refractivity contribution in [3.63, 3.8) is 0 Å². The summed E-state index contributed by atoms with van der Waals surface area (Å²) in [6.07, 6.45) is 2.31. The fourth-order valence-corrected chi connectivity index (χ4v) is 2.24. The molecular formula is C15H18F2N2O. The SMILES string of the molecule is CCC(C)(C(C)=O)n1ccc2ccc(C(C)(F)F)nc21. The van der Waals surface area contributed by atoms with Crippen molar-refractivity contribution in [3.8, 4) is 0 Å². The van der Waals surface area contributed by atoms with E-state index in [-0.39, 0.29) is 11.5 Å². The summed E-state index contributed by atoms with van der Waals surface area (Å²) in [5.74, 6) is -3.02. The van der Waals surface area contributed by atoms with E-state index < -0.39 is 11.5 Å². The summed E-state index contributed by atoms with van der Waals surface area (Å²) >= 11 is 0. The number of aromatic nitrogens is 2. The van der Waals surface area contributed by atoms with Crippen LogP contribution in [0.3, 0.4) is 0 Å². The van der Waals surface area contributed by atoms with Gasteiger partial charge in [0.05, 0.1) is 0 Å². The average molecular weight is 280 g/mol. The Hall–Kier alpha value is -1.78. The van der Waals surface area contributed by atoms with Crippen LogP contribution in [-0.2, 0) is 16.3 Å². The second-order valence-corrected chi connectivity index (χ2v) is 5.37. The van der Waals surface area contributed by atoms with Crippen LogP contribution in [0.2, 0.25) is 0 Å². The number of Topliss-reactive ketones (excluding diaryl/α,β-unsaturated/α-hetero) is 1. The lowest BCUT2D eigenvalue weighted by molar-refractivity contribution is -0.124. The summed E-state index contributed by atoms with van der Waals surface area (Å²) in [6, 6.07) is 4.72. The van der Waals surface area contributed by atoms with E-state index in [2.05, 4.69) is 4.98 Å². The normalized spacial score (nSPS) is 15.3. The van der Waals surface area contributed by atoms with Crippen molar-refractivity contribution >= 4 is 16.8 Å². The molecule has 3 nitrogen and oxygen atoms in total. The summed E-state index contributed by atoms with van der Waals surface area (Å²) in [5.41, 5.74) is -0.633. The van der Waals surface area contributed by atoms with E-state index in [1.54, 1.807) is 29.8 Å². The van der Waals surface area contributed by atoms with Gasteiger partial charge in [0.2, 0.25) is 0 Å². The quantitative estimate of drug-likeness (QED) is 0.852. The van der Waals surface area contributed by atoms with Gasteiger partial charge in [-0.3, -0.25) is 4.79 Å². The number of pyridine rings is 1. The summed E-state index contributed by atoms with van der Waals surface area (Å²) < 4.78 is 28.5. The summed E-state index contributed by atoms with van der Waals surface area (Å²) in [6.45, 7) is 6.02. The Morgan fingerprint density at radius 1 is 1.30 bits per heavy atom. The van der Waals surface area contributed by atoms with Crippen molar-refractivity contribution in [3.05, 3.63) is 30.1 Å². The molecule has 108 valence electrons. The minimum absolute atomic E-state index is 0.0204. The van der Waals surface area contributed by atoms with Gasteiger partial charge in [-0.1, -0.05) is 6.92 Å². The zero-order valence-electron chi connectivity index (χ0n) is 12.1. The van der Waals surface area contributed by atoms with E-state index in [1.807, 2.05) is 6.92 Å². The highest BCUT2D eigenvalue weighted by molar-refractivity contribution is 5.87. The topological polar surface area (TPSA) is 34.9 Å². The van der Waals surface area contributed by atoms with Crippen LogP contribution in [-0.4, -0.2) is 15.3 Å². The number of nitrogens with zero attached hydrogens (tertiary/aromatic N) is 2. The van der Waals surface area contributed by atoms with Crippen molar-refractivity contribution < 1.29 is 13.6 Å². The van der Waals surface area contributed by atoms with Crippen LogP contribution in [0.1, 0.15) is 39.8 Å². The fraction of sp³-hybridized carbons (Fsp3) is 0.467. The zero-order chi connectivity index (χ0) is 15.1. The number of hydrogen-bond donors (Lipinski definition) is 0. The van der Waals surface area contributed by atoms with Gasteiger partial charge in [0.15, 0.2) is 5.78 Å². The van der Waals surface area contributed by atoms with Gasteiger partial charge in [-0.15, -0.1) is 0 Å². The maximum atomic E-state index is 13.4. The first-order valence-electron chi connectivity index (χ1n) is 6.58. The van der Waals surface area contributed by atoms with E-state index in [1.165, 1.54) is 13.0 Å². The van der Waals surface area contributed by atoms with Crippen molar-refractivity contribution in [1.82, 2.24) is 9.55 Å². The number of carbonyl (C=O) groups excluding carboxylic acids is 1. The minimum atomic E-state index is -3.00. The lowest BCUT2D eigenvalue weighted by atomic mass is 9.94. The van der Waals surface area contributed by atoms with E-state index in [0.717, 1.165) is 12.3 Å². The largest absolute Gasteiger partial charge is 0.320 e. The third-order valence-electron chi connectivity index (χ3n) is 3.97. The van der Waals surface area contributed by atoms with Crippen LogP contribution in [0.15, 0.2) is 24.4 Å². The second kappa shape index (κ2) is 4.65. The van der Waals surface area contributed by atoms with E-state index >= 15 is 0 Å². The number of hydrogen-bond acceptors (Lipinski definition) is 2. The van der Waals surface area contributed by atoms with Crippen LogP contribution >= 0.6 is 0 Å². The average Bonchev–Trinajstić information content (AvgIpc) is 2.79. The zero-order valence-corrected chi connectivity index (χ0v) is 12.1. The van der Waals surface area contributed by atoms with E-state index in [0.29, 0.717) is 12.1 Å². The minimum Gasteiger partial charge on any atom is -0.320 e. The van der Waals surface area contributed by atoms with Gasteiger partial charge in [-0.25, -0.2) is 4.98 Å². The molecule has 0 radical (unpaired) electrons. The van der Waals surface area contributed by atoms with Crippen molar-refractivity contribution in [1.29, 1.82) is 0 Å². The summed E-state index contributed by atoms with van der Waals surface area (Å²) in [4.78, 5) is 16.0. The lowest BCUT2D eigenvalue weighted by Crippen LogP contribution is -2.36. The number of alkyl halides is 2. The molecule has 0 spiro atoms. The van der Waals surface area contributed by atoms with E-state index in [4.69, 9.17) is 0 Å². The molecule has 2 rings (SSSR count). The fourth-order valence-electron chi connectivity index (χ4n) is 2.24. The van der Waals surface area contributed by atoms with Crippen LogP contribution in [0, 0.1) is 0 Å². The lowest BCUT2D eigenvalue weighted by Gasteiger charge is -2.28. The summed E-state index contributed by atoms with van der Waals surface area (Å²) in [7, 11) is 0. The van der Waals surface area contributed by atoms with Crippen LogP contribution in [0.4, 0.5) is 8.78 Å². The molecule has 2 aromatic heterocycles. The van der Waals surface area contributed by atoms with Crippen molar-refractivity contribution in [2.45, 2.75) is 45.6 Å². The molecular weight excluding hydrogens is 262 g/mol. The van der Waals surface area contributed by atoms with E-state index in [9.17, 15) is 13.6 Å². The number of halogens is 2. The van der Waals surface area contributed by atoms with Crippen LogP contribution < -0.4 is 0 Å². The molecule has 0 aromatic carbocycles. The molecule has 0 saturated carbocycles. The highest BCUT2D eigenvalue weighted by atomic mass is 19.3. The highest BCUT2D eigenvalue weighted by Gasteiger charge is 2.32. The molecule has 0 N–H and O–H groups in total. The van der Waals surface area contributed by atoms with Gasteiger partial charge in [-0.05, 0) is 38.5 Å². The predicted octanol–water partition coefficient (Wildman–Crippen LogP) is 3.86. The first kappa shape index (κ1) is 14.6. The van der Waals surface area contributed by atoms with Gasteiger partial charge in [0, 0.05) is 18.5 Å². The Labute approximate surface area is 116 Å². The molecule has 0 fully saturated rings. The van der Waals surface area contributed by atoms with Crippen LogP contribution in [0.25, 0.3) is 11.0 Å². The monoisotopic (exact) mass is 280 g/mol. The first-order valence-corrected chi connectivity index (χ1v) is 6.58. The predicted molar refractivity (Wildman–Crippen MR) is 73.9 cm³/mol. The van der Waals surface area contributed by atoms with Crippen LogP contribution in [0.5, 0.6) is 0 Å². The van der Waals surface area contributed by atoms with Crippen molar-refractivity contribution in [2.75, 3.05) is 0 Å². The third kappa shape index (κ3) is 2.21. The van der Waals surface area contributed by atoms with Gasteiger partial charge in [0.1, 0.15) is 16.9 Å². The first-order chi connectivity index (χ1) is 9.20. The number of ketones is 1. The maximum absolute atomic E-state index is 13.4. The molecule has 1 atom stereocenters. The number of carbonyl (C=O) groups is 1. The molecule has 5 heteroatoms. The molecule has 2 heterocycles. The smallest absolute Gasteiger partial charge is 0.287 e. The Balaban J connectivity index is 2.69. The van der Waals surface area contributed by atoms with Gasteiger partial charge < -0.3 is 4.57 Å². The molecule has 0 aliphatic heterocycles. The molecule has 0 amide bonds. The number of rotatable bonds is 4. The molecule has 1 unspecified atom stereocenters.